The van der Waals surface area contributed by atoms with Gasteiger partial charge in [-0.05, 0) is 35.4 Å². The van der Waals surface area contributed by atoms with Crippen molar-refractivity contribution in [3.63, 3.8) is 0 Å². The van der Waals surface area contributed by atoms with E-state index in [2.05, 4.69) is 10.6 Å². The number of aliphatic hydroxyl groups excluding tert-OH is 1. The molecule has 0 aliphatic heterocycles. The van der Waals surface area contributed by atoms with E-state index in [4.69, 9.17) is 11.6 Å². The van der Waals surface area contributed by atoms with Gasteiger partial charge in [-0.15, -0.1) is 0 Å². The van der Waals surface area contributed by atoms with Crippen LogP contribution in [0.25, 0.3) is 0 Å². The molecule has 2 rings (SSSR count). The average molecular weight is 337 g/mol. The number of urea groups is 1. The summed E-state index contributed by atoms with van der Waals surface area (Å²) in [5, 5.41) is 34.4. The SMILES string of the molecule is O=C(NCc1ccc(Cl)cc1)NCC(O)c1ccc(O)c(O)c1. The minimum atomic E-state index is -0.997. The van der Waals surface area contributed by atoms with E-state index >= 15 is 0 Å². The van der Waals surface area contributed by atoms with E-state index in [1.807, 2.05) is 0 Å². The van der Waals surface area contributed by atoms with Gasteiger partial charge in [-0.25, -0.2) is 4.79 Å². The van der Waals surface area contributed by atoms with E-state index in [-0.39, 0.29) is 18.0 Å². The highest BCUT2D eigenvalue weighted by atomic mass is 35.5. The highest BCUT2D eigenvalue weighted by molar-refractivity contribution is 6.30. The Morgan fingerprint density at radius 1 is 1.04 bits per heavy atom. The van der Waals surface area contributed by atoms with Crippen molar-refractivity contribution in [2.24, 2.45) is 0 Å². The predicted molar refractivity (Wildman–Crippen MR) is 86.4 cm³/mol. The third-order valence-corrected chi connectivity index (χ3v) is 3.46. The molecular formula is C16H17ClN2O4. The number of benzene rings is 2. The normalized spacial score (nSPS) is 11.7. The molecule has 5 N–H and O–H groups in total. The van der Waals surface area contributed by atoms with Crippen LogP contribution in [0.1, 0.15) is 17.2 Å². The molecule has 0 bridgehead atoms. The lowest BCUT2D eigenvalue weighted by atomic mass is 10.1. The molecule has 2 aromatic carbocycles. The summed E-state index contributed by atoms with van der Waals surface area (Å²) in [6.45, 7) is 0.301. The zero-order valence-corrected chi connectivity index (χ0v) is 12.9. The highest BCUT2D eigenvalue weighted by Crippen LogP contribution is 2.27. The topological polar surface area (TPSA) is 102 Å². The summed E-state index contributed by atoms with van der Waals surface area (Å²) in [6.07, 6.45) is -0.997. The summed E-state index contributed by atoms with van der Waals surface area (Å²) in [5.74, 6) is -0.594. The molecule has 0 aliphatic rings. The van der Waals surface area contributed by atoms with Crippen molar-refractivity contribution in [2.45, 2.75) is 12.6 Å². The summed E-state index contributed by atoms with van der Waals surface area (Å²) in [7, 11) is 0. The van der Waals surface area contributed by atoms with Crippen LogP contribution in [0.4, 0.5) is 4.79 Å². The lowest BCUT2D eigenvalue weighted by Gasteiger charge is -2.13. The first kappa shape index (κ1) is 16.9. The zero-order chi connectivity index (χ0) is 16.8. The number of carbonyl (C=O) groups is 1. The van der Waals surface area contributed by atoms with Gasteiger partial charge in [-0.1, -0.05) is 29.8 Å². The molecular weight excluding hydrogens is 320 g/mol. The van der Waals surface area contributed by atoms with Crippen molar-refractivity contribution >= 4 is 17.6 Å². The Labute approximate surface area is 138 Å². The first-order valence-electron chi connectivity index (χ1n) is 6.92. The highest BCUT2D eigenvalue weighted by Gasteiger charge is 2.11. The van der Waals surface area contributed by atoms with Crippen molar-refractivity contribution in [3.8, 4) is 11.5 Å². The lowest BCUT2D eigenvalue weighted by molar-refractivity contribution is 0.172. The molecule has 23 heavy (non-hydrogen) atoms. The maximum atomic E-state index is 11.7. The van der Waals surface area contributed by atoms with Crippen molar-refractivity contribution < 1.29 is 20.1 Å². The standard InChI is InChI=1S/C16H17ClN2O4/c17-12-4-1-10(2-5-12)8-18-16(23)19-9-15(22)11-3-6-13(20)14(21)7-11/h1-7,15,20-22H,8-9H2,(H2,18,19,23). The molecule has 2 aromatic rings. The van der Waals surface area contributed by atoms with Gasteiger partial charge in [0.2, 0.25) is 0 Å². The second-order valence-corrected chi connectivity index (χ2v) is 5.39. The van der Waals surface area contributed by atoms with Crippen molar-refractivity contribution in [1.29, 1.82) is 0 Å². The number of hydrogen-bond acceptors (Lipinski definition) is 4. The summed E-state index contributed by atoms with van der Waals surface area (Å²) in [5.41, 5.74) is 1.28. The average Bonchev–Trinajstić information content (AvgIpc) is 2.54. The third-order valence-electron chi connectivity index (χ3n) is 3.21. The first-order valence-corrected chi connectivity index (χ1v) is 7.29. The molecule has 2 amide bonds. The molecule has 0 heterocycles. The molecule has 0 aliphatic carbocycles. The van der Waals surface area contributed by atoms with Gasteiger partial charge in [0.05, 0.1) is 6.10 Å². The number of carbonyl (C=O) groups excluding carboxylic acids is 1. The minimum absolute atomic E-state index is 0.0311. The van der Waals surface area contributed by atoms with Gasteiger partial charge in [0.15, 0.2) is 11.5 Å². The Bertz CT molecular complexity index is 676. The second kappa shape index (κ2) is 7.71. The third kappa shape index (κ3) is 5.05. The van der Waals surface area contributed by atoms with Crippen LogP contribution >= 0.6 is 11.6 Å². The molecule has 0 saturated heterocycles. The molecule has 1 unspecified atom stereocenters. The molecule has 0 aromatic heterocycles. The largest absolute Gasteiger partial charge is 0.504 e. The zero-order valence-electron chi connectivity index (χ0n) is 12.2. The quantitative estimate of drug-likeness (QED) is 0.541. The van der Waals surface area contributed by atoms with Crippen LogP contribution < -0.4 is 10.6 Å². The van der Waals surface area contributed by atoms with E-state index < -0.39 is 12.1 Å². The second-order valence-electron chi connectivity index (χ2n) is 4.95. The van der Waals surface area contributed by atoms with Crippen LogP contribution in [0.2, 0.25) is 5.02 Å². The van der Waals surface area contributed by atoms with E-state index in [1.165, 1.54) is 18.2 Å². The van der Waals surface area contributed by atoms with Crippen LogP contribution in [-0.2, 0) is 6.54 Å². The van der Waals surface area contributed by atoms with Gasteiger partial charge < -0.3 is 26.0 Å². The number of amides is 2. The van der Waals surface area contributed by atoms with E-state index in [0.29, 0.717) is 17.1 Å². The van der Waals surface area contributed by atoms with Gasteiger partial charge in [0.25, 0.3) is 0 Å². The van der Waals surface area contributed by atoms with Gasteiger partial charge >= 0.3 is 6.03 Å². The molecule has 6 nitrogen and oxygen atoms in total. The fourth-order valence-electron chi connectivity index (χ4n) is 1.90. The fourth-order valence-corrected chi connectivity index (χ4v) is 2.03. The molecule has 1 atom stereocenters. The Kier molecular flexibility index (Phi) is 5.67. The van der Waals surface area contributed by atoms with Crippen LogP contribution in [0.5, 0.6) is 11.5 Å². The Morgan fingerprint density at radius 3 is 2.39 bits per heavy atom. The minimum Gasteiger partial charge on any atom is -0.504 e. The van der Waals surface area contributed by atoms with Gasteiger partial charge in [-0.2, -0.15) is 0 Å². The number of hydrogen-bond donors (Lipinski definition) is 5. The number of phenols is 2. The Morgan fingerprint density at radius 2 is 1.74 bits per heavy atom. The van der Waals surface area contributed by atoms with E-state index in [1.54, 1.807) is 24.3 Å². The Hall–Kier alpha value is -2.44. The van der Waals surface area contributed by atoms with E-state index in [9.17, 15) is 20.1 Å². The molecule has 0 fully saturated rings. The van der Waals surface area contributed by atoms with Crippen LogP contribution in [-0.4, -0.2) is 27.9 Å². The van der Waals surface area contributed by atoms with Crippen LogP contribution in [0.3, 0.4) is 0 Å². The number of aromatic hydroxyl groups is 2. The smallest absolute Gasteiger partial charge is 0.315 e. The van der Waals surface area contributed by atoms with Crippen molar-refractivity contribution in [3.05, 3.63) is 58.6 Å². The summed E-state index contributed by atoms with van der Waals surface area (Å²) < 4.78 is 0. The van der Waals surface area contributed by atoms with Crippen LogP contribution in [0.15, 0.2) is 42.5 Å². The molecule has 0 saturated carbocycles. The number of rotatable bonds is 5. The lowest BCUT2D eigenvalue weighted by Crippen LogP contribution is -2.37. The van der Waals surface area contributed by atoms with Crippen molar-refractivity contribution in [1.82, 2.24) is 10.6 Å². The number of phenolic OH excluding ortho intramolecular Hbond substituents is 2. The van der Waals surface area contributed by atoms with Crippen molar-refractivity contribution in [2.75, 3.05) is 6.54 Å². The molecule has 122 valence electrons. The summed E-state index contributed by atoms with van der Waals surface area (Å²) >= 11 is 5.78. The predicted octanol–water partition coefficient (Wildman–Crippen LogP) is 2.28. The van der Waals surface area contributed by atoms with E-state index in [0.717, 1.165) is 5.56 Å². The molecule has 0 spiro atoms. The maximum absolute atomic E-state index is 11.7. The molecule has 7 heteroatoms. The fraction of sp³-hybridized carbons (Fsp3) is 0.188. The number of aliphatic hydroxyl groups is 1. The number of halogens is 1. The van der Waals surface area contributed by atoms with Gasteiger partial charge in [0, 0.05) is 18.1 Å². The maximum Gasteiger partial charge on any atom is 0.315 e. The van der Waals surface area contributed by atoms with Gasteiger partial charge in [-0.3, -0.25) is 0 Å². The van der Waals surface area contributed by atoms with Gasteiger partial charge in [0.1, 0.15) is 0 Å². The number of nitrogens with one attached hydrogen (secondary N) is 2. The Balaban J connectivity index is 1.79. The molecule has 0 radical (unpaired) electrons. The summed E-state index contributed by atoms with van der Waals surface area (Å²) in [6, 6.07) is 10.6. The van der Waals surface area contributed by atoms with Crippen LogP contribution in [0, 0.1) is 0 Å². The monoisotopic (exact) mass is 336 g/mol. The first-order chi connectivity index (χ1) is 11.0. The summed E-state index contributed by atoms with van der Waals surface area (Å²) in [4.78, 5) is 11.7.